The van der Waals surface area contributed by atoms with E-state index in [-0.39, 0.29) is 11.9 Å². The van der Waals surface area contributed by atoms with Gasteiger partial charge in [0.05, 0.1) is 11.7 Å². The van der Waals surface area contributed by atoms with Gasteiger partial charge in [-0.25, -0.2) is 4.39 Å². The molecule has 0 aliphatic heterocycles. The standard InChI is InChI=1S/C23H21ClFN5/c1-16-9-6-7-14-21(16)30-23(26-27-28-30)22(17-10-4-3-5-11-17)29(2)15-18-19(24)12-8-13-20(18)25/h3-14,22H,15H2,1-2H3/t22-/m1/s1. The molecular weight excluding hydrogens is 401 g/mol. The Morgan fingerprint density at radius 3 is 2.47 bits per heavy atom. The van der Waals surface area contributed by atoms with Crippen molar-refractivity contribution >= 4 is 11.6 Å². The lowest BCUT2D eigenvalue weighted by molar-refractivity contribution is 0.255. The Kier molecular flexibility index (Phi) is 5.88. The van der Waals surface area contributed by atoms with E-state index in [1.807, 2.05) is 73.5 Å². The average molecular weight is 422 g/mol. The van der Waals surface area contributed by atoms with Gasteiger partial charge in [0, 0.05) is 17.1 Å². The van der Waals surface area contributed by atoms with Crippen molar-refractivity contribution in [1.29, 1.82) is 0 Å². The zero-order valence-corrected chi connectivity index (χ0v) is 17.5. The van der Waals surface area contributed by atoms with Gasteiger partial charge in [-0.15, -0.1) is 5.10 Å². The Hall–Kier alpha value is -3.09. The number of benzene rings is 3. The molecule has 0 aliphatic rings. The first-order valence-electron chi connectivity index (χ1n) is 9.58. The van der Waals surface area contributed by atoms with E-state index in [9.17, 15) is 4.39 Å². The summed E-state index contributed by atoms with van der Waals surface area (Å²) in [6.45, 7) is 2.31. The maximum absolute atomic E-state index is 14.5. The molecule has 30 heavy (non-hydrogen) atoms. The van der Waals surface area contributed by atoms with Crippen LogP contribution in [0.2, 0.25) is 5.02 Å². The number of aromatic nitrogens is 4. The number of hydrogen-bond acceptors (Lipinski definition) is 4. The van der Waals surface area contributed by atoms with Crippen molar-refractivity contribution < 1.29 is 4.39 Å². The highest BCUT2D eigenvalue weighted by Gasteiger charge is 2.27. The van der Waals surface area contributed by atoms with E-state index in [1.54, 1.807) is 16.8 Å². The number of para-hydroxylation sites is 1. The van der Waals surface area contributed by atoms with Crippen LogP contribution in [0.5, 0.6) is 0 Å². The summed E-state index contributed by atoms with van der Waals surface area (Å²) >= 11 is 6.28. The van der Waals surface area contributed by atoms with Crippen LogP contribution >= 0.6 is 11.6 Å². The summed E-state index contributed by atoms with van der Waals surface area (Å²) in [5.41, 5.74) is 3.39. The third kappa shape index (κ3) is 3.97. The number of halogens is 2. The molecule has 4 aromatic rings. The summed E-state index contributed by atoms with van der Waals surface area (Å²) in [6, 6.07) is 22.3. The van der Waals surface area contributed by atoms with Gasteiger partial charge in [-0.1, -0.05) is 66.2 Å². The highest BCUT2D eigenvalue weighted by atomic mass is 35.5. The predicted octanol–water partition coefficient (Wildman–Crippen LogP) is 4.98. The van der Waals surface area contributed by atoms with Gasteiger partial charge in [-0.05, 0) is 53.7 Å². The SMILES string of the molecule is Cc1ccccc1-n1nnnc1[C@@H](c1ccccc1)N(C)Cc1c(F)cccc1Cl. The zero-order valence-electron chi connectivity index (χ0n) is 16.7. The second-order valence-corrected chi connectivity index (χ2v) is 7.57. The molecule has 1 heterocycles. The lowest BCUT2D eigenvalue weighted by Crippen LogP contribution is -2.28. The van der Waals surface area contributed by atoms with E-state index in [0.717, 1.165) is 16.8 Å². The molecule has 0 N–H and O–H groups in total. The maximum atomic E-state index is 14.5. The fourth-order valence-corrected chi connectivity index (χ4v) is 3.82. The fraction of sp³-hybridized carbons (Fsp3) is 0.174. The summed E-state index contributed by atoms with van der Waals surface area (Å²) < 4.78 is 16.2. The second kappa shape index (κ2) is 8.73. The number of aryl methyl sites for hydroxylation is 1. The number of nitrogens with zero attached hydrogens (tertiary/aromatic N) is 5. The first kappa shape index (κ1) is 20.2. The van der Waals surface area contributed by atoms with Gasteiger partial charge in [0.1, 0.15) is 5.82 Å². The minimum atomic E-state index is -0.334. The summed E-state index contributed by atoms with van der Waals surface area (Å²) in [5, 5.41) is 12.9. The molecule has 1 atom stereocenters. The van der Waals surface area contributed by atoms with Crippen molar-refractivity contribution in [3.63, 3.8) is 0 Å². The van der Waals surface area contributed by atoms with Crippen molar-refractivity contribution in [2.45, 2.75) is 19.5 Å². The Labute approximate surface area is 179 Å². The molecule has 5 nitrogen and oxygen atoms in total. The van der Waals surface area contributed by atoms with Gasteiger partial charge in [0.2, 0.25) is 0 Å². The Morgan fingerprint density at radius 1 is 1.00 bits per heavy atom. The summed E-state index contributed by atoms with van der Waals surface area (Å²) in [5.74, 6) is 0.310. The normalized spacial score (nSPS) is 12.3. The maximum Gasteiger partial charge on any atom is 0.178 e. The number of rotatable bonds is 6. The molecule has 0 radical (unpaired) electrons. The van der Waals surface area contributed by atoms with E-state index in [4.69, 9.17) is 11.6 Å². The lowest BCUT2D eigenvalue weighted by atomic mass is 10.0. The molecule has 7 heteroatoms. The number of tetrazole rings is 1. The van der Waals surface area contributed by atoms with Crippen LogP contribution in [-0.2, 0) is 6.54 Å². The van der Waals surface area contributed by atoms with E-state index < -0.39 is 0 Å². The van der Waals surface area contributed by atoms with E-state index >= 15 is 0 Å². The second-order valence-electron chi connectivity index (χ2n) is 7.16. The van der Waals surface area contributed by atoms with Crippen LogP contribution in [0.4, 0.5) is 4.39 Å². The minimum absolute atomic E-state index is 0.297. The van der Waals surface area contributed by atoms with Crippen LogP contribution < -0.4 is 0 Å². The quantitative estimate of drug-likeness (QED) is 0.440. The smallest absolute Gasteiger partial charge is 0.178 e. The molecule has 1 aromatic heterocycles. The van der Waals surface area contributed by atoms with Crippen molar-refractivity contribution in [2.24, 2.45) is 0 Å². The van der Waals surface area contributed by atoms with Crippen molar-refractivity contribution in [2.75, 3.05) is 7.05 Å². The molecule has 0 saturated carbocycles. The van der Waals surface area contributed by atoms with Crippen molar-refractivity contribution in [3.05, 3.63) is 106 Å². The molecule has 0 fully saturated rings. The van der Waals surface area contributed by atoms with Crippen molar-refractivity contribution in [1.82, 2.24) is 25.1 Å². The van der Waals surface area contributed by atoms with Gasteiger partial charge in [-0.3, -0.25) is 4.90 Å². The van der Waals surface area contributed by atoms with E-state index in [1.165, 1.54) is 6.07 Å². The summed E-state index contributed by atoms with van der Waals surface area (Å²) in [4.78, 5) is 2.00. The van der Waals surface area contributed by atoms with Gasteiger partial charge >= 0.3 is 0 Å². The van der Waals surface area contributed by atoms with Crippen LogP contribution in [-0.4, -0.2) is 32.2 Å². The van der Waals surface area contributed by atoms with Crippen LogP contribution in [0.25, 0.3) is 5.69 Å². The number of hydrogen-bond donors (Lipinski definition) is 0. The average Bonchev–Trinajstić information content (AvgIpc) is 3.21. The van der Waals surface area contributed by atoms with Crippen LogP contribution in [0, 0.1) is 12.7 Å². The molecule has 0 bridgehead atoms. The van der Waals surface area contributed by atoms with Gasteiger partial charge in [0.25, 0.3) is 0 Å². The third-order valence-electron chi connectivity index (χ3n) is 5.11. The first-order chi connectivity index (χ1) is 14.6. The van der Waals surface area contributed by atoms with E-state index in [0.29, 0.717) is 23.0 Å². The lowest BCUT2D eigenvalue weighted by Gasteiger charge is -2.28. The van der Waals surface area contributed by atoms with Crippen molar-refractivity contribution in [3.8, 4) is 5.69 Å². The molecule has 0 saturated heterocycles. The Morgan fingerprint density at radius 2 is 1.73 bits per heavy atom. The van der Waals surface area contributed by atoms with Gasteiger partial charge < -0.3 is 0 Å². The predicted molar refractivity (Wildman–Crippen MR) is 115 cm³/mol. The van der Waals surface area contributed by atoms with Crippen LogP contribution in [0.3, 0.4) is 0 Å². The molecule has 3 aromatic carbocycles. The third-order valence-corrected chi connectivity index (χ3v) is 5.46. The molecule has 4 rings (SSSR count). The van der Waals surface area contributed by atoms with E-state index in [2.05, 4.69) is 15.5 Å². The molecule has 0 amide bonds. The zero-order chi connectivity index (χ0) is 21.1. The molecular formula is C23H21ClFN5. The van der Waals surface area contributed by atoms with Gasteiger partial charge in [-0.2, -0.15) is 4.68 Å². The molecule has 152 valence electrons. The first-order valence-corrected chi connectivity index (χ1v) is 9.96. The monoisotopic (exact) mass is 421 g/mol. The molecule has 0 aliphatic carbocycles. The molecule has 0 unspecified atom stereocenters. The molecule has 0 spiro atoms. The summed E-state index contributed by atoms with van der Waals surface area (Å²) in [6.07, 6.45) is 0. The topological polar surface area (TPSA) is 46.8 Å². The largest absolute Gasteiger partial charge is 0.288 e. The van der Waals surface area contributed by atoms with Crippen LogP contribution in [0.15, 0.2) is 72.8 Å². The van der Waals surface area contributed by atoms with Gasteiger partial charge in [0.15, 0.2) is 5.82 Å². The fourth-order valence-electron chi connectivity index (χ4n) is 3.60. The van der Waals surface area contributed by atoms with Crippen LogP contribution in [0.1, 0.15) is 28.6 Å². The Balaban J connectivity index is 1.80. The highest BCUT2D eigenvalue weighted by molar-refractivity contribution is 6.31. The summed E-state index contributed by atoms with van der Waals surface area (Å²) in [7, 11) is 1.91. The Bertz CT molecular complexity index is 1130. The minimum Gasteiger partial charge on any atom is -0.288 e. The highest BCUT2D eigenvalue weighted by Crippen LogP contribution is 2.31.